The van der Waals surface area contributed by atoms with Crippen molar-refractivity contribution in [2.24, 2.45) is 11.5 Å². The van der Waals surface area contributed by atoms with E-state index in [0.29, 0.717) is 24.5 Å². The zero-order valence-electron chi connectivity index (χ0n) is 11.3. The van der Waals surface area contributed by atoms with E-state index in [-0.39, 0.29) is 23.7 Å². The molecule has 0 radical (unpaired) electrons. The van der Waals surface area contributed by atoms with Gasteiger partial charge in [0.15, 0.2) is 5.78 Å². The summed E-state index contributed by atoms with van der Waals surface area (Å²) >= 11 is 0. The number of hydrogen-bond acceptors (Lipinski definition) is 7. The summed E-state index contributed by atoms with van der Waals surface area (Å²) in [4.78, 5) is 23.9. The average Bonchev–Trinajstić information content (AvgIpc) is 2.44. The number of rotatable bonds is 5. The van der Waals surface area contributed by atoms with Gasteiger partial charge in [-0.2, -0.15) is 0 Å². The summed E-state index contributed by atoms with van der Waals surface area (Å²) in [6.45, 7) is 2.18. The first-order chi connectivity index (χ1) is 9.06. The smallest absolute Gasteiger partial charge is 0.167 e. The van der Waals surface area contributed by atoms with Crippen molar-refractivity contribution in [3.05, 3.63) is 0 Å². The molecule has 1 saturated heterocycles. The number of ketones is 2. The third kappa shape index (κ3) is 5.83. The molecule has 1 aliphatic heterocycles. The fourth-order valence-corrected chi connectivity index (χ4v) is 4.30. The number of unbranched alkanes of at least 4 members (excludes halogenated alkanes) is 1. The first-order valence-electron chi connectivity index (χ1n) is 6.56. The summed E-state index contributed by atoms with van der Waals surface area (Å²) < 4.78 is 0. The van der Waals surface area contributed by atoms with Crippen molar-refractivity contribution in [2.75, 3.05) is 18.1 Å². The fourth-order valence-electron chi connectivity index (χ4n) is 1.90. The summed E-state index contributed by atoms with van der Waals surface area (Å²) in [6, 6.07) is -1.05. The second-order valence-corrected chi connectivity index (χ2v) is 7.30. The van der Waals surface area contributed by atoms with Crippen LogP contribution in [0.4, 0.5) is 0 Å². The molecule has 3 atom stereocenters. The van der Waals surface area contributed by atoms with Crippen molar-refractivity contribution >= 4 is 33.2 Å². The van der Waals surface area contributed by atoms with Crippen molar-refractivity contribution in [1.82, 2.24) is 5.32 Å². The molecule has 110 valence electrons. The highest BCUT2D eigenvalue weighted by Crippen LogP contribution is 2.25. The predicted molar refractivity (Wildman–Crippen MR) is 82.2 cm³/mol. The van der Waals surface area contributed by atoms with Gasteiger partial charge in [0.2, 0.25) is 0 Å². The zero-order valence-corrected chi connectivity index (χ0v) is 12.9. The van der Waals surface area contributed by atoms with E-state index < -0.39 is 6.04 Å². The van der Waals surface area contributed by atoms with E-state index in [1.807, 2.05) is 0 Å². The van der Waals surface area contributed by atoms with Gasteiger partial charge in [-0.3, -0.25) is 14.9 Å². The van der Waals surface area contributed by atoms with Gasteiger partial charge in [-0.15, -0.1) is 0 Å². The maximum absolute atomic E-state index is 12.3. The molecule has 0 saturated carbocycles. The minimum absolute atomic E-state index is 0.0123. The number of nitrogens with one attached hydrogen (secondary N) is 1. The van der Waals surface area contributed by atoms with Crippen LogP contribution >= 0.6 is 21.6 Å². The van der Waals surface area contributed by atoms with Crippen LogP contribution in [0.2, 0.25) is 0 Å². The van der Waals surface area contributed by atoms with Crippen molar-refractivity contribution in [3.8, 4) is 0 Å². The molecule has 5 N–H and O–H groups in total. The lowest BCUT2D eigenvalue weighted by atomic mass is 9.99. The summed E-state index contributed by atoms with van der Waals surface area (Å²) in [7, 11) is 3.16. The standard InChI is InChI=1S/C12H23N3O2S2/c1-8(16)11-7-19-18-6-9(14)12(17)10(15-11)4-2-3-5-13/h9-11,15H,2-7,13-14H2,1H3/t9?,10-,11?/m0/s1. The van der Waals surface area contributed by atoms with Crippen LogP contribution in [0, 0.1) is 0 Å². The van der Waals surface area contributed by atoms with Gasteiger partial charge < -0.3 is 11.5 Å². The Kier molecular flexibility index (Phi) is 8.01. The molecule has 0 bridgehead atoms. The van der Waals surface area contributed by atoms with Crippen LogP contribution in [0.5, 0.6) is 0 Å². The van der Waals surface area contributed by atoms with Crippen LogP contribution in [-0.4, -0.2) is 47.7 Å². The Balaban J connectivity index is 2.70. The number of carbonyl (C=O) groups is 2. The second kappa shape index (κ2) is 8.97. The Bertz CT molecular complexity index is 315. The molecule has 1 heterocycles. The lowest BCUT2D eigenvalue weighted by Gasteiger charge is -2.23. The lowest BCUT2D eigenvalue weighted by Crippen LogP contribution is -2.52. The van der Waals surface area contributed by atoms with Crippen LogP contribution in [0.25, 0.3) is 0 Å². The Morgan fingerprint density at radius 3 is 2.68 bits per heavy atom. The number of nitrogens with two attached hydrogens (primary N) is 2. The molecule has 0 aromatic rings. The SMILES string of the molecule is CC(=O)C1CSSCC(N)C(=O)[C@H](CCCCN)N1. The summed E-state index contributed by atoms with van der Waals surface area (Å²) in [5.74, 6) is 1.36. The largest absolute Gasteiger partial charge is 0.330 e. The third-order valence-electron chi connectivity index (χ3n) is 3.11. The van der Waals surface area contributed by atoms with E-state index in [9.17, 15) is 9.59 Å². The molecule has 7 heteroatoms. The summed E-state index contributed by atoms with van der Waals surface area (Å²) in [5.41, 5.74) is 11.4. The Morgan fingerprint density at radius 1 is 1.37 bits per heavy atom. The molecule has 19 heavy (non-hydrogen) atoms. The predicted octanol–water partition coefficient (Wildman–Crippen LogP) is 0.323. The van der Waals surface area contributed by atoms with E-state index in [4.69, 9.17) is 11.5 Å². The molecular formula is C12H23N3O2S2. The first-order valence-corrected chi connectivity index (χ1v) is 9.05. The summed E-state index contributed by atoms with van der Waals surface area (Å²) in [5, 5.41) is 3.18. The van der Waals surface area contributed by atoms with Gasteiger partial charge in [0.1, 0.15) is 5.78 Å². The minimum Gasteiger partial charge on any atom is -0.330 e. The molecule has 0 aromatic heterocycles. The first kappa shape index (κ1) is 17.0. The van der Waals surface area contributed by atoms with Crippen LogP contribution in [0.1, 0.15) is 26.2 Å². The maximum Gasteiger partial charge on any atom is 0.167 e. The molecule has 5 nitrogen and oxygen atoms in total. The monoisotopic (exact) mass is 305 g/mol. The van der Waals surface area contributed by atoms with Crippen LogP contribution in [0.3, 0.4) is 0 Å². The normalized spacial score (nSPS) is 29.4. The summed E-state index contributed by atoms with van der Waals surface area (Å²) in [6.07, 6.45) is 2.45. The molecule has 0 aliphatic carbocycles. The van der Waals surface area contributed by atoms with E-state index in [0.717, 1.165) is 12.8 Å². The van der Waals surface area contributed by atoms with Gasteiger partial charge in [0, 0.05) is 11.5 Å². The van der Waals surface area contributed by atoms with Crippen LogP contribution < -0.4 is 16.8 Å². The highest BCUT2D eigenvalue weighted by Gasteiger charge is 2.29. The van der Waals surface area contributed by atoms with E-state index in [1.165, 1.54) is 0 Å². The third-order valence-corrected chi connectivity index (χ3v) is 5.56. The molecule has 1 rings (SSSR count). The molecule has 0 amide bonds. The molecule has 0 aromatic carbocycles. The molecule has 1 fully saturated rings. The van der Waals surface area contributed by atoms with Crippen molar-refractivity contribution in [1.29, 1.82) is 0 Å². The Labute approximate surface area is 122 Å². The second-order valence-electron chi connectivity index (χ2n) is 4.74. The van der Waals surface area contributed by atoms with Crippen molar-refractivity contribution < 1.29 is 9.59 Å². The van der Waals surface area contributed by atoms with Crippen LogP contribution in [0.15, 0.2) is 0 Å². The minimum atomic E-state index is -0.460. The number of hydrogen-bond donors (Lipinski definition) is 3. The Morgan fingerprint density at radius 2 is 2.05 bits per heavy atom. The molecule has 1 aliphatic rings. The number of carbonyl (C=O) groups excluding carboxylic acids is 2. The quantitative estimate of drug-likeness (QED) is 0.497. The highest BCUT2D eigenvalue weighted by molar-refractivity contribution is 8.76. The Hall–Kier alpha value is -0.0800. The average molecular weight is 305 g/mol. The topological polar surface area (TPSA) is 98.2 Å². The van der Waals surface area contributed by atoms with E-state index >= 15 is 0 Å². The molecule has 2 unspecified atom stereocenters. The zero-order chi connectivity index (χ0) is 14.3. The van der Waals surface area contributed by atoms with Gasteiger partial charge in [0.25, 0.3) is 0 Å². The number of Topliss-reactive ketones (excluding diaryl/α,β-unsaturated/α-hetero) is 2. The molecule has 0 spiro atoms. The fraction of sp³-hybridized carbons (Fsp3) is 0.833. The van der Waals surface area contributed by atoms with Gasteiger partial charge in [-0.05, 0) is 26.3 Å². The van der Waals surface area contributed by atoms with Gasteiger partial charge in [-0.25, -0.2) is 0 Å². The maximum atomic E-state index is 12.3. The van der Waals surface area contributed by atoms with E-state index in [1.54, 1.807) is 28.5 Å². The van der Waals surface area contributed by atoms with Gasteiger partial charge in [0.05, 0.1) is 18.1 Å². The lowest BCUT2D eigenvalue weighted by molar-refractivity contribution is -0.123. The van der Waals surface area contributed by atoms with Gasteiger partial charge in [-0.1, -0.05) is 28.0 Å². The van der Waals surface area contributed by atoms with E-state index in [2.05, 4.69) is 5.32 Å². The van der Waals surface area contributed by atoms with Crippen molar-refractivity contribution in [2.45, 2.75) is 44.3 Å². The van der Waals surface area contributed by atoms with Crippen LogP contribution in [-0.2, 0) is 9.59 Å². The van der Waals surface area contributed by atoms with Crippen molar-refractivity contribution in [3.63, 3.8) is 0 Å². The highest BCUT2D eigenvalue weighted by atomic mass is 33.1. The molecular weight excluding hydrogens is 282 g/mol. The van der Waals surface area contributed by atoms with Gasteiger partial charge >= 0.3 is 0 Å².